The smallest absolute Gasteiger partial charge is 0.150 e. The van der Waals surface area contributed by atoms with Crippen molar-refractivity contribution in [3.05, 3.63) is 35.5 Å². The van der Waals surface area contributed by atoms with Gasteiger partial charge >= 0.3 is 0 Å². The summed E-state index contributed by atoms with van der Waals surface area (Å²) in [6.07, 6.45) is 2.52. The second-order valence-corrected chi connectivity index (χ2v) is 8.31. The number of halogens is 1. The lowest BCUT2D eigenvalue weighted by atomic mass is 10.1. The highest BCUT2D eigenvalue weighted by molar-refractivity contribution is 7.91. The normalized spacial score (nSPS) is 20.8. The van der Waals surface area contributed by atoms with Gasteiger partial charge in [0.2, 0.25) is 0 Å². The Bertz CT molecular complexity index is 776. The highest BCUT2D eigenvalue weighted by atomic mass is 35.5. The predicted molar refractivity (Wildman–Crippen MR) is 86.8 cm³/mol. The molecule has 4 nitrogen and oxygen atoms in total. The van der Waals surface area contributed by atoms with Crippen LogP contribution in [0.4, 0.5) is 5.69 Å². The average Bonchev–Trinajstić information content (AvgIpc) is 2.77. The number of hydrogen-bond acceptors (Lipinski definition) is 4. The second kappa shape index (κ2) is 5.46. The minimum absolute atomic E-state index is 0.197. The van der Waals surface area contributed by atoms with E-state index in [1.807, 2.05) is 31.3 Å². The topological polar surface area (TPSA) is 50.3 Å². The molecule has 2 aromatic rings. The number of pyridine rings is 1. The molecule has 0 aliphatic carbocycles. The third-order valence-corrected chi connectivity index (χ3v) is 6.02. The number of fused-ring (bicyclic) bond motifs is 1. The van der Waals surface area contributed by atoms with Crippen LogP contribution in [0.25, 0.3) is 10.9 Å². The number of rotatable bonds is 3. The Balaban J connectivity index is 1.88. The molecule has 3 rings (SSSR count). The van der Waals surface area contributed by atoms with Crippen LogP contribution in [-0.2, 0) is 9.84 Å². The average molecular weight is 325 g/mol. The number of hydrogen-bond donors (Lipinski definition) is 0. The molecule has 1 atom stereocenters. The molecule has 1 aromatic heterocycles. The van der Waals surface area contributed by atoms with Gasteiger partial charge in [0.05, 0.1) is 17.0 Å². The molecule has 112 valence electrons. The fraction of sp³-hybridized carbons (Fsp3) is 0.400. The van der Waals surface area contributed by atoms with Crippen molar-refractivity contribution in [2.45, 2.75) is 6.42 Å². The van der Waals surface area contributed by atoms with E-state index in [0.29, 0.717) is 16.5 Å². The van der Waals surface area contributed by atoms with E-state index in [9.17, 15) is 8.42 Å². The van der Waals surface area contributed by atoms with E-state index < -0.39 is 9.84 Å². The molecule has 0 amide bonds. The van der Waals surface area contributed by atoms with Crippen molar-refractivity contribution in [3.8, 4) is 0 Å². The third-order valence-electron chi connectivity index (χ3n) is 3.95. The van der Waals surface area contributed by atoms with Gasteiger partial charge in [0.1, 0.15) is 0 Å². The fourth-order valence-electron chi connectivity index (χ4n) is 2.94. The zero-order valence-electron chi connectivity index (χ0n) is 11.8. The zero-order valence-corrected chi connectivity index (χ0v) is 13.4. The van der Waals surface area contributed by atoms with Crippen molar-refractivity contribution in [1.29, 1.82) is 0 Å². The minimum atomic E-state index is -2.83. The van der Waals surface area contributed by atoms with Crippen molar-refractivity contribution in [1.82, 2.24) is 4.98 Å². The van der Waals surface area contributed by atoms with Gasteiger partial charge in [-0.15, -0.1) is 0 Å². The molecule has 1 aliphatic rings. The van der Waals surface area contributed by atoms with Gasteiger partial charge in [0, 0.05) is 35.9 Å². The van der Waals surface area contributed by atoms with Gasteiger partial charge in [-0.25, -0.2) is 8.42 Å². The van der Waals surface area contributed by atoms with E-state index >= 15 is 0 Å². The van der Waals surface area contributed by atoms with Gasteiger partial charge < -0.3 is 4.90 Å². The van der Waals surface area contributed by atoms with Crippen LogP contribution < -0.4 is 4.90 Å². The summed E-state index contributed by atoms with van der Waals surface area (Å²) in [5.74, 6) is 0.803. The molecular formula is C15H17ClN2O2S. The molecule has 1 aromatic carbocycles. The first-order chi connectivity index (χ1) is 9.94. The standard InChI is InChI=1S/C15H17ClN2O2S/c1-18(9-11-5-7-21(19,20)10-11)15-4-6-17-14-3-2-12(16)8-13(14)15/h2-4,6,8,11H,5,7,9-10H2,1H3. The Kier molecular flexibility index (Phi) is 3.80. The summed E-state index contributed by atoms with van der Waals surface area (Å²) < 4.78 is 23.1. The summed E-state index contributed by atoms with van der Waals surface area (Å²) in [7, 11) is -0.846. The third kappa shape index (κ3) is 3.14. The van der Waals surface area contributed by atoms with Gasteiger partial charge in [-0.05, 0) is 36.6 Å². The fourth-order valence-corrected chi connectivity index (χ4v) is 4.96. The van der Waals surface area contributed by atoms with Crippen LogP contribution in [0.15, 0.2) is 30.5 Å². The predicted octanol–water partition coefficient (Wildman–Crippen LogP) is 2.76. The molecule has 21 heavy (non-hydrogen) atoms. The molecular weight excluding hydrogens is 308 g/mol. The lowest BCUT2D eigenvalue weighted by Crippen LogP contribution is -2.26. The summed E-state index contributed by atoms with van der Waals surface area (Å²) in [5, 5.41) is 1.67. The molecule has 1 aliphatic heterocycles. The number of sulfone groups is 1. The van der Waals surface area contributed by atoms with Gasteiger partial charge in [0.25, 0.3) is 0 Å². The molecule has 2 heterocycles. The Morgan fingerprint density at radius 3 is 2.90 bits per heavy atom. The molecule has 6 heteroatoms. The zero-order chi connectivity index (χ0) is 15.0. The number of anilines is 1. The maximum atomic E-state index is 11.6. The van der Waals surface area contributed by atoms with Crippen LogP contribution in [-0.4, -0.2) is 38.5 Å². The molecule has 0 N–H and O–H groups in total. The van der Waals surface area contributed by atoms with E-state index in [1.54, 1.807) is 6.20 Å². The Morgan fingerprint density at radius 1 is 1.38 bits per heavy atom. The minimum Gasteiger partial charge on any atom is -0.374 e. The highest BCUT2D eigenvalue weighted by Crippen LogP contribution is 2.29. The van der Waals surface area contributed by atoms with Crippen LogP contribution in [0.1, 0.15) is 6.42 Å². The highest BCUT2D eigenvalue weighted by Gasteiger charge is 2.28. The lowest BCUT2D eigenvalue weighted by molar-refractivity contribution is 0.582. The molecule has 0 bridgehead atoms. The largest absolute Gasteiger partial charge is 0.374 e. The number of benzene rings is 1. The number of nitrogens with zero attached hydrogens (tertiary/aromatic N) is 2. The second-order valence-electron chi connectivity index (χ2n) is 5.64. The summed E-state index contributed by atoms with van der Waals surface area (Å²) in [4.78, 5) is 6.44. The van der Waals surface area contributed by atoms with E-state index in [0.717, 1.165) is 29.6 Å². The van der Waals surface area contributed by atoms with Crippen LogP contribution in [0.5, 0.6) is 0 Å². The Hall–Kier alpha value is -1.33. The Labute approximate surface area is 129 Å². The molecule has 1 saturated heterocycles. The monoisotopic (exact) mass is 324 g/mol. The first kappa shape index (κ1) is 14.6. The van der Waals surface area contributed by atoms with Crippen molar-refractivity contribution in [2.24, 2.45) is 5.92 Å². The SMILES string of the molecule is CN(CC1CCS(=O)(=O)C1)c1ccnc2ccc(Cl)cc12. The quantitative estimate of drug-likeness (QED) is 0.871. The van der Waals surface area contributed by atoms with Gasteiger partial charge in [-0.3, -0.25) is 4.98 Å². The van der Waals surface area contributed by atoms with Crippen LogP contribution >= 0.6 is 11.6 Å². The maximum absolute atomic E-state index is 11.6. The van der Waals surface area contributed by atoms with Gasteiger partial charge in [-0.2, -0.15) is 0 Å². The molecule has 0 spiro atoms. The van der Waals surface area contributed by atoms with E-state index in [4.69, 9.17) is 11.6 Å². The number of aromatic nitrogens is 1. The summed E-state index contributed by atoms with van der Waals surface area (Å²) in [5.41, 5.74) is 1.93. The van der Waals surface area contributed by atoms with Crippen LogP contribution in [0.3, 0.4) is 0 Å². The molecule has 1 fully saturated rings. The van der Waals surface area contributed by atoms with Crippen LogP contribution in [0, 0.1) is 5.92 Å². The van der Waals surface area contributed by atoms with Gasteiger partial charge in [0.15, 0.2) is 9.84 Å². The van der Waals surface area contributed by atoms with E-state index in [-0.39, 0.29) is 5.92 Å². The van der Waals surface area contributed by atoms with Crippen LogP contribution in [0.2, 0.25) is 5.02 Å². The van der Waals surface area contributed by atoms with Crippen molar-refractivity contribution < 1.29 is 8.42 Å². The van der Waals surface area contributed by atoms with Crippen molar-refractivity contribution >= 4 is 38.0 Å². The summed E-state index contributed by atoms with van der Waals surface area (Å²) in [6.45, 7) is 0.727. The lowest BCUT2D eigenvalue weighted by Gasteiger charge is -2.23. The molecule has 0 saturated carbocycles. The van der Waals surface area contributed by atoms with Gasteiger partial charge in [-0.1, -0.05) is 11.6 Å². The van der Waals surface area contributed by atoms with Crippen molar-refractivity contribution in [2.75, 3.05) is 30.0 Å². The summed E-state index contributed by atoms with van der Waals surface area (Å²) >= 11 is 6.08. The maximum Gasteiger partial charge on any atom is 0.150 e. The first-order valence-electron chi connectivity index (χ1n) is 6.90. The molecule has 0 radical (unpaired) electrons. The molecule has 1 unspecified atom stereocenters. The van der Waals surface area contributed by atoms with Crippen molar-refractivity contribution in [3.63, 3.8) is 0 Å². The first-order valence-corrected chi connectivity index (χ1v) is 9.10. The summed E-state index contributed by atoms with van der Waals surface area (Å²) in [6, 6.07) is 7.57. The Morgan fingerprint density at radius 2 is 2.19 bits per heavy atom. The van der Waals surface area contributed by atoms with E-state index in [2.05, 4.69) is 9.88 Å². The van der Waals surface area contributed by atoms with E-state index in [1.165, 1.54) is 0 Å².